The largest absolute Gasteiger partial charge is 0.294 e. The maximum atomic E-state index is 4.10. The van der Waals surface area contributed by atoms with Crippen LogP contribution in [0.4, 0.5) is 0 Å². The Kier molecular flexibility index (Phi) is 10.0. The van der Waals surface area contributed by atoms with Crippen LogP contribution in [-0.4, -0.2) is 31.2 Å². The molecule has 0 aromatic rings. The second-order valence-electron chi connectivity index (χ2n) is 2.81. The van der Waals surface area contributed by atoms with Gasteiger partial charge in [0.15, 0.2) is 0 Å². The monoisotopic (exact) mass is 191 g/mol. The van der Waals surface area contributed by atoms with Gasteiger partial charge in [0.1, 0.15) is 6.01 Å². The molecule has 0 aliphatic carbocycles. The van der Waals surface area contributed by atoms with E-state index < -0.39 is 0 Å². The van der Waals surface area contributed by atoms with Crippen molar-refractivity contribution in [3.8, 4) is 0 Å². The summed E-state index contributed by atoms with van der Waals surface area (Å²) in [5.41, 5.74) is 0. The third-order valence-corrected chi connectivity index (χ3v) is 1.23. The lowest BCUT2D eigenvalue weighted by Gasteiger charge is -2.00. The number of rotatable bonds is 4. The Morgan fingerprint density at radius 3 is 2.42 bits per heavy atom. The molecule has 3 nitrogen and oxygen atoms in total. The first-order chi connectivity index (χ1) is 5.16. The van der Waals surface area contributed by atoms with E-state index in [0.29, 0.717) is 6.04 Å². The molecule has 4 heteroatoms. The van der Waals surface area contributed by atoms with Crippen LogP contribution in [0.3, 0.4) is 0 Å². The molecule has 12 heavy (non-hydrogen) atoms. The molecule has 0 saturated carbocycles. The van der Waals surface area contributed by atoms with Crippen molar-refractivity contribution in [1.29, 1.82) is 0 Å². The zero-order valence-electron chi connectivity index (χ0n) is 8.24. The quantitative estimate of drug-likeness (QED) is 0.495. The lowest BCUT2D eigenvalue weighted by atomic mass is 10.2. The maximum Gasteiger partial charge on any atom is 0.115 e. The van der Waals surface area contributed by atoms with Crippen LogP contribution >= 0.6 is 12.4 Å². The molecule has 0 bridgehead atoms. The zero-order valence-corrected chi connectivity index (χ0v) is 9.06. The van der Waals surface area contributed by atoms with Gasteiger partial charge in [0.2, 0.25) is 0 Å². The van der Waals surface area contributed by atoms with E-state index in [2.05, 4.69) is 29.9 Å². The SMILES string of the molecule is CCCC(C)N=C=NN(C)C.Cl. The fourth-order valence-corrected chi connectivity index (χ4v) is 0.696. The van der Waals surface area contributed by atoms with E-state index in [0.717, 1.165) is 12.8 Å². The summed E-state index contributed by atoms with van der Waals surface area (Å²) in [6.07, 6.45) is 2.27. The van der Waals surface area contributed by atoms with Crippen molar-refractivity contribution >= 4 is 18.4 Å². The van der Waals surface area contributed by atoms with E-state index in [1.54, 1.807) is 5.01 Å². The molecule has 0 aliphatic rings. The summed E-state index contributed by atoms with van der Waals surface area (Å²) < 4.78 is 0. The van der Waals surface area contributed by atoms with Crippen molar-refractivity contribution in [2.75, 3.05) is 14.1 Å². The summed E-state index contributed by atoms with van der Waals surface area (Å²) in [6.45, 7) is 4.22. The highest BCUT2D eigenvalue weighted by molar-refractivity contribution is 5.85. The minimum absolute atomic E-state index is 0. The summed E-state index contributed by atoms with van der Waals surface area (Å²) in [6, 6.07) is 3.00. The van der Waals surface area contributed by atoms with Gasteiger partial charge in [-0.3, -0.25) is 5.01 Å². The fraction of sp³-hybridized carbons (Fsp3) is 0.875. The minimum atomic E-state index is 0. The number of hydrogen-bond donors (Lipinski definition) is 0. The van der Waals surface area contributed by atoms with Gasteiger partial charge in [-0.1, -0.05) is 13.3 Å². The van der Waals surface area contributed by atoms with Gasteiger partial charge < -0.3 is 0 Å². The van der Waals surface area contributed by atoms with Crippen LogP contribution in [0.15, 0.2) is 10.1 Å². The zero-order chi connectivity index (χ0) is 8.69. The molecular formula is C8H18ClN3. The van der Waals surface area contributed by atoms with E-state index in [1.165, 1.54) is 0 Å². The molecule has 72 valence electrons. The Labute approximate surface area is 81.0 Å². The van der Waals surface area contributed by atoms with Gasteiger partial charge in [0.25, 0.3) is 0 Å². The third kappa shape index (κ3) is 9.47. The first kappa shape index (κ1) is 14.0. The molecule has 0 N–H and O–H groups in total. The predicted octanol–water partition coefficient (Wildman–Crippen LogP) is 2.25. The van der Waals surface area contributed by atoms with Gasteiger partial charge in [0.05, 0.1) is 6.04 Å². The van der Waals surface area contributed by atoms with Crippen LogP contribution in [-0.2, 0) is 0 Å². The van der Waals surface area contributed by atoms with Crippen molar-refractivity contribution < 1.29 is 0 Å². The average Bonchev–Trinajstić information content (AvgIpc) is 1.87. The Bertz CT molecular complexity index is 150. The smallest absolute Gasteiger partial charge is 0.115 e. The van der Waals surface area contributed by atoms with Crippen molar-refractivity contribution in [2.45, 2.75) is 32.7 Å². The van der Waals surface area contributed by atoms with Gasteiger partial charge in [-0.15, -0.1) is 17.5 Å². The molecule has 0 fully saturated rings. The van der Waals surface area contributed by atoms with E-state index in [4.69, 9.17) is 0 Å². The Balaban J connectivity index is 0. The highest BCUT2D eigenvalue weighted by Crippen LogP contribution is 1.97. The second kappa shape index (κ2) is 8.57. The summed E-state index contributed by atoms with van der Waals surface area (Å²) >= 11 is 0. The molecule has 1 atom stereocenters. The van der Waals surface area contributed by atoms with E-state index in [1.807, 2.05) is 14.1 Å². The molecular weight excluding hydrogens is 174 g/mol. The van der Waals surface area contributed by atoms with Crippen LogP contribution in [0, 0.1) is 0 Å². The summed E-state index contributed by atoms with van der Waals surface area (Å²) in [5.74, 6) is 0. The Morgan fingerprint density at radius 2 is 2.00 bits per heavy atom. The molecule has 0 aromatic heterocycles. The maximum absolute atomic E-state index is 4.10. The highest BCUT2D eigenvalue weighted by atomic mass is 35.5. The van der Waals surface area contributed by atoms with E-state index in [9.17, 15) is 0 Å². The van der Waals surface area contributed by atoms with Crippen molar-refractivity contribution in [2.24, 2.45) is 10.1 Å². The number of hydrazone groups is 1. The normalized spacial score (nSPS) is 10.7. The van der Waals surface area contributed by atoms with Crippen molar-refractivity contribution in [3.05, 3.63) is 0 Å². The molecule has 0 rings (SSSR count). The van der Waals surface area contributed by atoms with Crippen LogP contribution in [0.1, 0.15) is 26.7 Å². The van der Waals surface area contributed by atoms with Gasteiger partial charge in [-0.05, 0) is 13.3 Å². The van der Waals surface area contributed by atoms with Crippen molar-refractivity contribution in [1.82, 2.24) is 5.01 Å². The molecule has 0 aliphatic heterocycles. The molecule has 0 spiro atoms. The first-order valence-electron chi connectivity index (χ1n) is 3.99. The number of aliphatic imine (C=N–C) groups is 1. The molecule has 0 aromatic carbocycles. The van der Waals surface area contributed by atoms with Crippen LogP contribution in [0.25, 0.3) is 0 Å². The standard InChI is InChI=1S/C8H17N3.ClH/c1-5-6-8(2)9-7-10-11(3)4;/h8H,5-6H2,1-4H3;1H. The predicted molar refractivity (Wildman–Crippen MR) is 55.2 cm³/mol. The highest BCUT2D eigenvalue weighted by Gasteiger charge is 1.92. The van der Waals surface area contributed by atoms with Crippen LogP contribution in [0.2, 0.25) is 0 Å². The molecule has 0 amide bonds. The minimum Gasteiger partial charge on any atom is -0.294 e. The summed E-state index contributed by atoms with van der Waals surface area (Å²) in [5, 5.41) is 5.55. The third-order valence-electron chi connectivity index (χ3n) is 1.23. The molecule has 0 radical (unpaired) electrons. The molecule has 1 unspecified atom stereocenters. The van der Waals surface area contributed by atoms with Crippen LogP contribution < -0.4 is 0 Å². The lowest BCUT2D eigenvalue weighted by Crippen LogP contribution is -2.01. The Morgan fingerprint density at radius 1 is 1.42 bits per heavy atom. The lowest BCUT2D eigenvalue weighted by molar-refractivity contribution is 0.440. The summed E-state index contributed by atoms with van der Waals surface area (Å²) in [7, 11) is 3.71. The van der Waals surface area contributed by atoms with Gasteiger partial charge in [0, 0.05) is 14.1 Å². The van der Waals surface area contributed by atoms with E-state index >= 15 is 0 Å². The topological polar surface area (TPSA) is 28.0 Å². The van der Waals surface area contributed by atoms with Gasteiger partial charge >= 0.3 is 0 Å². The van der Waals surface area contributed by atoms with Gasteiger partial charge in [-0.25, -0.2) is 4.99 Å². The molecule has 0 heterocycles. The fourth-order valence-electron chi connectivity index (χ4n) is 0.696. The van der Waals surface area contributed by atoms with Crippen LogP contribution in [0.5, 0.6) is 0 Å². The number of halogens is 1. The van der Waals surface area contributed by atoms with Crippen molar-refractivity contribution in [3.63, 3.8) is 0 Å². The summed E-state index contributed by atoms with van der Waals surface area (Å²) in [4.78, 5) is 4.10. The number of hydrogen-bond acceptors (Lipinski definition) is 3. The van der Waals surface area contributed by atoms with E-state index in [-0.39, 0.29) is 12.4 Å². The number of nitrogens with zero attached hydrogens (tertiary/aromatic N) is 3. The average molecular weight is 192 g/mol. The second-order valence-corrected chi connectivity index (χ2v) is 2.81. The molecule has 0 saturated heterocycles. The van der Waals surface area contributed by atoms with Gasteiger partial charge in [-0.2, -0.15) is 0 Å². The Hall–Kier alpha value is -0.530. The first-order valence-corrected chi connectivity index (χ1v) is 3.99.